The molecular weight excluding hydrogens is 226 g/mol. The lowest BCUT2D eigenvalue weighted by Gasteiger charge is -2.31. The molecule has 2 rings (SSSR count). The van der Waals surface area contributed by atoms with Crippen molar-refractivity contribution < 1.29 is 4.79 Å². The number of nitrogens with zero attached hydrogens (tertiary/aromatic N) is 3. The van der Waals surface area contributed by atoms with Crippen molar-refractivity contribution in [3.8, 4) is 0 Å². The molecule has 0 atom stereocenters. The van der Waals surface area contributed by atoms with Gasteiger partial charge in [-0.15, -0.1) is 0 Å². The Morgan fingerprint density at radius 2 is 2.25 bits per heavy atom. The summed E-state index contributed by atoms with van der Waals surface area (Å²) in [6.45, 7) is 3.33. The first-order valence-corrected chi connectivity index (χ1v) is 6.03. The highest BCUT2D eigenvalue weighted by Crippen LogP contribution is 2.22. The zero-order valence-electron chi connectivity index (χ0n) is 9.14. The van der Waals surface area contributed by atoms with Crippen molar-refractivity contribution in [2.45, 2.75) is 25.8 Å². The fourth-order valence-corrected chi connectivity index (χ4v) is 2.51. The molecule has 0 aliphatic carbocycles. The van der Waals surface area contributed by atoms with E-state index in [2.05, 4.69) is 19.6 Å². The van der Waals surface area contributed by atoms with Gasteiger partial charge in [0.05, 0.1) is 0 Å². The molecule has 16 heavy (non-hydrogen) atoms. The van der Waals surface area contributed by atoms with E-state index in [-0.39, 0.29) is 5.91 Å². The second-order valence-corrected chi connectivity index (χ2v) is 4.63. The van der Waals surface area contributed by atoms with Crippen LogP contribution in [0.15, 0.2) is 0 Å². The number of rotatable bonds is 2. The minimum Gasteiger partial charge on any atom is -0.367 e. The molecule has 1 amide bonds. The third kappa shape index (κ3) is 2.60. The molecule has 1 aromatic heterocycles. The van der Waals surface area contributed by atoms with Crippen LogP contribution in [-0.4, -0.2) is 34.4 Å². The monoisotopic (exact) mass is 241 g/mol. The van der Waals surface area contributed by atoms with Crippen molar-refractivity contribution in [3.63, 3.8) is 0 Å². The lowest BCUT2D eigenvalue weighted by Crippen LogP contribution is -2.44. The summed E-state index contributed by atoms with van der Waals surface area (Å²) in [4.78, 5) is 17.2. The van der Waals surface area contributed by atoms with Gasteiger partial charge in [-0.3, -0.25) is 4.79 Å². The molecule has 1 aliphatic rings. The van der Waals surface area contributed by atoms with Crippen LogP contribution >= 0.6 is 11.5 Å². The summed E-state index contributed by atoms with van der Waals surface area (Å²) >= 11 is 1.32. The number of hydrogen-bond acceptors (Lipinski definition) is 6. The second-order valence-electron chi connectivity index (χ2n) is 3.90. The molecule has 88 valence electrons. The maximum atomic E-state index is 10.9. The molecule has 0 spiro atoms. The van der Waals surface area contributed by atoms with Crippen molar-refractivity contribution in [2.75, 3.05) is 23.7 Å². The van der Waals surface area contributed by atoms with Crippen molar-refractivity contribution in [2.24, 2.45) is 0 Å². The second kappa shape index (κ2) is 4.65. The van der Waals surface area contributed by atoms with E-state index in [1.54, 1.807) is 6.92 Å². The number of nitrogens with one attached hydrogen (secondary N) is 1. The molecule has 1 saturated heterocycles. The summed E-state index contributed by atoms with van der Waals surface area (Å²) in [5.74, 6) is 0.377. The average molecular weight is 241 g/mol. The van der Waals surface area contributed by atoms with Crippen LogP contribution in [-0.2, 0) is 4.79 Å². The van der Waals surface area contributed by atoms with Crippen LogP contribution in [0, 0.1) is 0 Å². The number of hydrogen-bond donors (Lipinski definition) is 2. The van der Waals surface area contributed by atoms with Gasteiger partial charge in [-0.25, -0.2) is 0 Å². The quantitative estimate of drug-likeness (QED) is 0.774. The molecule has 1 aromatic rings. The number of carbonyl (C=O) groups is 1. The highest BCUT2D eigenvalue weighted by Gasteiger charge is 2.21. The van der Waals surface area contributed by atoms with E-state index in [0.29, 0.717) is 12.0 Å². The standard InChI is InChI=1S/C9H15N5OS/c1-6(15)11-7-2-4-14(5-3-7)9-12-8(10)13-16-9/h7H,2-5H2,1H3,(H2,10,13)(H,11,15). The van der Waals surface area contributed by atoms with Crippen LogP contribution in [0.3, 0.4) is 0 Å². The number of carbonyl (C=O) groups excluding carboxylic acids is 1. The van der Waals surface area contributed by atoms with Crippen LogP contribution in [0.4, 0.5) is 11.1 Å². The molecule has 3 N–H and O–H groups in total. The summed E-state index contributed by atoms with van der Waals surface area (Å²) in [6, 6.07) is 0.291. The third-order valence-electron chi connectivity index (χ3n) is 2.60. The Hall–Kier alpha value is -1.37. The fraction of sp³-hybridized carbons (Fsp3) is 0.667. The van der Waals surface area contributed by atoms with Gasteiger partial charge in [-0.1, -0.05) is 0 Å². The smallest absolute Gasteiger partial charge is 0.233 e. The Kier molecular flexibility index (Phi) is 3.23. The third-order valence-corrected chi connectivity index (χ3v) is 3.40. The number of anilines is 2. The molecule has 0 radical (unpaired) electrons. The van der Waals surface area contributed by atoms with E-state index in [9.17, 15) is 4.79 Å². The first-order valence-electron chi connectivity index (χ1n) is 5.26. The Balaban J connectivity index is 1.87. The molecule has 7 heteroatoms. The van der Waals surface area contributed by atoms with Crippen molar-refractivity contribution >= 4 is 28.5 Å². The SMILES string of the molecule is CC(=O)NC1CCN(c2nc(N)ns2)CC1. The molecule has 0 unspecified atom stereocenters. The van der Waals surface area contributed by atoms with Crippen LogP contribution in [0.25, 0.3) is 0 Å². The number of amides is 1. The zero-order valence-corrected chi connectivity index (χ0v) is 9.96. The summed E-state index contributed by atoms with van der Waals surface area (Å²) in [6.07, 6.45) is 1.89. The van der Waals surface area contributed by atoms with E-state index in [1.165, 1.54) is 11.5 Å². The number of piperidine rings is 1. The first-order chi connectivity index (χ1) is 7.65. The Morgan fingerprint density at radius 3 is 2.75 bits per heavy atom. The minimum atomic E-state index is 0.0404. The highest BCUT2D eigenvalue weighted by molar-refractivity contribution is 7.09. The molecule has 1 aliphatic heterocycles. The maximum Gasteiger partial charge on any atom is 0.233 e. The molecule has 2 heterocycles. The average Bonchev–Trinajstić information content (AvgIpc) is 2.65. The summed E-state index contributed by atoms with van der Waals surface area (Å²) in [5, 5.41) is 3.81. The van der Waals surface area contributed by atoms with E-state index < -0.39 is 0 Å². The predicted octanol–water partition coefficient (Wildman–Crippen LogP) is 0.225. The van der Waals surface area contributed by atoms with Gasteiger partial charge in [0.25, 0.3) is 0 Å². The Morgan fingerprint density at radius 1 is 1.56 bits per heavy atom. The van der Waals surface area contributed by atoms with Crippen LogP contribution in [0.5, 0.6) is 0 Å². The van der Waals surface area contributed by atoms with Crippen LogP contribution in [0.2, 0.25) is 0 Å². The molecule has 6 nitrogen and oxygen atoms in total. The minimum absolute atomic E-state index is 0.0404. The summed E-state index contributed by atoms with van der Waals surface area (Å²) in [5.41, 5.74) is 5.48. The molecular formula is C9H15N5OS. The van der Waals surface area contributed by atoms with Gasteiger partial charge in [-0.05, 0) is 12.8 Å². The molecule has 1 fully saturated rings. The van der Waals surface area contributed by atoms with E-state index in [4.69, 9.17) is 5.73 Å². The Labute approximate surface area is 98.0 Å². The number of aromatic nitrogens is 2. The van der Waals surface area contributed by atoms with Gasteiger partial charge in [0.2, 0.25) is 17.0 Å². The number of nitrogens with two attached hydrogens (primary N) is 1. The normalized spacial score (nSPS) is 17.4. The van der Waals surface area contributed by atoms with Gasteiger partial charge < -0.3 is 16.0 Å². The van der Waals surface area contributed by atoms with Gasteiger partial charge in [0, 0.05) is 37.6 Å². The topological polar surface area (TPSA) is 84.1 Å². The number of nitrogen functional groups attached to an aromatic ring is 1. The molecule has 0 saturated carbocycles. The van der Waals surface area contributed by atoms with Gasteiger partial charge in [0.15, 0.2) is 0 Å². The van der Waals surface area contributed by atoms with E-state index in [1.807, 2.05) is 0 Å². The van der Waals surface area contributed by atoms with Gasteiger partial charge in [-0.2, -0.15) is 9.36 Å². The van der Waals surface area contributed by atoms with Crippen molar-refractivity contribution in [3.05, 3.63) is 0 Å². The Bertz CT molecular complexity index is 372. The predicted molar refractivity (Wildman–Crippen MR) is 63.4 cm³/mol. The van der Waals surface area contributed by atoms with Crippen molar-refractivity contribution in [1.29, 1.82) is 0 Å². The highest BCUT2D eigenvalue weighted by atomic mass is 32.1. The van der Waals surface area contributed by atoms with Gasteiger partial charge >= 0.3 is 0 Å². The van der Waals surface area contributed by atoms with E-state index >= 15 is 0 Å². The maximum absolute atomic E-state index is 10.9. The molecule has 0 aromatic carbocycles. The van der Waals surface area contributed by atoms with Gasteiger partial charge in [0.1, 0.15) is 0 Å². The van der Waals surface area contributed by atoms with Crippen LogP contribution < -0.4 is 16.0 Å². The summed E-state index contributed by atoms with van der Waals surface area (Å²) in [7, 11) is 0. The summed E-state index contributed by atoms with van der Waals surface area (Å²) < 4.78 is 3.96. The van der Waals surface area contributed by atoms with Crippen molar-refractivity contribution in [1.82, 2.24) is 14.7 Å². The molecule has 0 bridgehead atoms. The zero-order chi connectivity index (χ0) is 11.5. The largest absolute Gasteiger partial charge is 0.367 e. The van der Waals surface area contributed by atoms with Crippen LogP contribution in [0.1, 0.15) is 19.8 Å². The fourth-order valence-electron chi connectivity index (χ4n) is 1.86. The lowest BCUT2D eigenvalue weighted by atomic mass is 10.1. The first kappa shape index (κ1) is 11.1. The lowest BCUT2D eigenvalue weighted by molar-refractivity contribution is -0.119. The van der Waals surface area contributed by atoms with E-state index in [0.717, 1.165) is 31.1 Å².